The van der Waals surface area contributed by atoms with Crippen molar-refractivity contribution in [3.05, 3.63) is 0 Å². The highest BCUT2D eigenvalue weighted by Crippen LogP contribution is 2.23. The van der Waals surface area contributed by atoms with Crippen LogP contribution in [0.2, 0.25) is 0 Å². The van der Waals surface area contributed by atoms with Crippen molar-refractivity contribution in [2.45, 2.75) is 40.2 Å². The van der Waals surface area contributed by atoms with Gasteiger partial charge in [-0.2, -0.15) is 0 Å². The Bertz CT molecular complexity index is 228. The Kier molecular flexibility index (Phi) is 2.91. The molecule has 0 unspecified atom stereocenters. The number of amides is 1. The summed E-state index contributed by atoms with van der Waals surface area (Å²) in [5.74, 6) is 0.217. The van der Waals surface area contributed by atoms with Crippen molar-refractivity contribution in [3.8, 4) is 0 Å². The Morgan fingerprint density at radius 2 is 1.93 bits per heavy atom. The first-order chi connectivity index (χ1) is 6.22. The molecule has 1 saturated heterocycles. The van der Waals surface area contributed by atoms with E-state index < -0.39 is 0 Å². The summed E-state index contributed by atoms with van der Waals surface area (Å²) in [6, 6.07) is 0. The second-order valence-electron chi connectivity index (χ2n) is 5.58. The Labute approximate surface area is 86.4 Å². The molecule has 0 radical (unpaired) electrons. The van der Waals surface area contributed by atoms with Gasteiger partial charge in [0.15, 0.2) is 0 Å². The van der Waals surface area contributed by atoms with Crippen LogP contribution < -0.4 is 0 Å². The Balaban J connectivity index is 2.66. The van der Waals surface area contributed by atoms with Crippen LogP contribution in [0.15, 0.2) is 0 Å². The highest BCUT2D eigenvalue weighted by molar-refractivity contribution is 5.81. The zero-order chi connectivity index (χ0) is 11.0. The summed E-state index contributed by atoms with van der Waals surface area (Å²) in [5, 5.41) is 0. The second kappa shape index (κ2) is 3.54. The predicted octanol–water partition coefficient (Wildman–Crippen LogP) is 1.67. The molecule has 0 aliphatic carbocycles. The van der Waals surface area contributed by atoms with Crippen LogP contribution in [-0.2, 0) is 9.53 Å². The molecule has 0 aromatic heterocycles. The van der Waals surface area contributed by atoms with Gasteiger partial charge >= 0.3 is 0 Å². The third-order valence-electron chi connectivity index (χ3n) is 2.35. The van der Waals surface area contributed by atoms with Gasteiger partial charge in [0.2, 0.25) is 5.91 Å². The number of morpholine rings is 1. The first kappa shape index (κ1) is 11.5. The lowest BCUT2D eigenvalue weighted by atomic mass is 9.93. The lowest BCUT2D eigenvalue weighted by Gasteiger charge is -2.40. The first-order valence-electron chi connectivity index (χ1n) is 5.16. The molecule has 0 spiro atoms. The topological polar surface area (TPSA) is 29.5 Å². The van der Waals surface area contributed by atoms with Crippen LogP contribution in [0.3, 0.4) is 0 Å². The van der Waals surface area contributed by atoms with Gasteiger partial charge in [0.25, 0.3) is 0 Å². The molecule has 0 saturated carbocycles. The minimum atomic E-state index is -0.284. The van der Waals surface area contributed by atoms with E-state index in [1.807, 2.05) is 39.5 Å². The third kappa shape index (κ3) is 2.71. The van der Waals surface area contributed by atoms with Gasteiger partial charge in [0.05, 0.1) is 12.2 Å². The smallest absolute Gasteiger partial charge is 0.228 e. The van der Waals surface area contributed by atoms with Gasteiger partial charge in [0, 0.05) is 18.5 Å². The van der Waals surface area contributed by atoms with Crippen molar-refractivity contribution in [1.82, 2.24) is 4.90 Å². The van der Waals surface area contributed by atoms with E-state index in [0.29, 0.717) is 13.2 Å². The normalized spacial score (nSPS) is 22.2. The Hall–Kier alpha value is -0.570. The summed E-state index contributed by atoms with van der Waals surface area (Å²) < 4.78 is 5.56. The van der Waals surface area contributed by atoms with Crippen molar-refractivity contribution in [2.24, 2.45) is 5.41 Å². The number of ether oxygens (including phenoxy) is 1. The summed E-state index contributed by atoms with van der Waals surface area (Å²) in [4.78, 5) is 13.9. The average molecular weight is 199 g/mol. The van der Waals surface area contributed by atoms with E-state index in [4.69, 9.17) is 4.74 Å². The molecular weight excluding hydrogens is 178 g/mol. The van der Waals surface area contributed by atoms with Crippen molar-refractivity contribution >= 4 is 5.91 Å². The maximum atomic E-state index is 12.0. The summed E-state index contributed by atoms with van der Waals surface area (Å²) in [5.41, 5.74) is -0.480. The quantitative estimate of drug-likeness (QED) is 0.594. The maximum Gasteiger partial charge on any atom is 0.228 e. The number of rotatable bonds is 0. The SMILES string of the molecule is CC1(C)CN(C(=O)C(C)(C)C)CCO1. The number of carbonyl (C=O) groups excluding carboxylic acids is 1. The molecule has 82 valence electrons. The minimum Gasteiger partial charge on any atom is -0.372 e. The minimum absolute atomic E-state index is 0.195. The van der Waals surface area contributed by atoms with Gasteiger partial charge in [-0.05, 0) is 13.8 Å². The van der Waals surface area contributed by atoms with Gasteiger partial charge in [-0.25, -0.2) is 0 Å². The van der Waals surface area contributed by atoms with Gasteiger partial charge in [-0.15, -0.1) is 0 Å². The summed E-state index contributed by atoms with van der Waals surface area (Å²) in [7, 11) is 0. The highest BCUT2D eigenvalue weighted by Gasteiger charge is 2.34. The molecular formula is C11H21NO2. The van der Waals surface area contributed by atoms with Crippen molar-refractivity contribution in [3.63, 3.8) is 0 Å². The standard InChI is InChI=1S/C11H21NO2/c1-10(2,3)9(13)12-6-7-14-11(4,5)8-12/h6-8H2,1-5H3. The Morgan fingerprint density at radius 3 is 2.36 bits per heavy atom. The molecule has 3 heteroatoms. The molecule has 1 heterocycles. The van der Waals surface area contributed by atoms with Crippen LogP contribution in [0, 0.1) is 5.41 Å². The molecule has 1 amide bonds. The molecule has 3 nitrogen and oxygen atoms in total. The van der Waals surface area contributed by atoms with Crippen molar-refractivity contribution in [1.29, 1.82) is 0 Å². The van der Waals surface area contributed by atoms with Crippen LogP contribution in [0.25, 0.3) is 0 Å². The van der Waals surface area contributed by atoms with Gasteiger partial charge in [-0.3, -0.25) is 4.79 Å². The fraction of sp³-hybridized carbons (Fsp3) is 0.909. The fourth-order valence-electron chi connectivity index (χ4n) is 1.66. The van der Waals surface area contributed by atoms with E-state index >= 15 is 0 Å². The number of carbonyl (C=O) groups is 1. The highest BCUT2D eigenvalue weighted by atomic mass is 16.5. The van der Waals surface area contributed by atoms with Crippen LogP contribution >= 0.6 is 0 Å². The predicted molar refractivity (Wildman–Crippen MR) is 56.1 cm³/mol. The van der Waals surface area contributed by atoms with Crippen LogP contribution in [-0.4, -0.2) is 36.1 Å². The van der Waals surface area contributed by atoms with E-state index in [0.717, 1.165) is 6.54 Å². The monoisotopic (exact) mass is 199 g/mol. The van der Waals surface area contributed by atoms with Gasteiger partial charge < -0.3 is 9.64 Å². The van der Waals surface area contributed by atoms with E-state index in [2.05, 4.69) is 0 Å². The third-order valence-corrected chi connectivity index (χ3v) is 2.35. The van der Waals surface area contributed by atoms with Gasteiger partial charge in [0.1, 0.15) is 0 Å². The lowest BCUT2D eigenvalue weighted by Crippen LogP contribution is -2.53. The zero-order valence-electron chi connectivity index (χ0n) is 9.89. The van der Waals surface area contributed by atoms with E-state index in [9.17, 15) is 4.79 Å². The molecule has 1 fully saturated rings. The maximum absolute atomic E-state index is 12.0. The van der Waals surface area contributed by atoms with E-state index in [1.54, 1.807) is 0 Å². The average Bonchev–Trinajstić information content (AvgIpc) is 1.99. The molecule has 0 N–H and O–H groups in total. The second-order valence-corrected chi connectivity index (χ2v) is 5.58. The molecule has 0 atom stereocenters. The molecule has 0 aromatic rings. The number of hydrogen-bond donors (Lipinski definition) is 0. The van der Waals surface area contributed by atoms with Crippen molar-refractivity contribution < 1.29 is 9.53 Å². The Morgan fingerprint density at radius 1 is 1.36 bits per heavy atom. The number of nitrogens with zero attached hydrogens (tertiary/aromatic N) is 1. The summed E-state index contributed by atoms with van der Waals surface area (Å²) in [6.45, 7) is 12.0. The largest absolute Gasteiger partial charge is 0.372 e. The molecule has 14 heavy (non-hydrogen) atoms. The first-order valence-corrected chi connectivity index (χ1v) is 5.16. The van der Waals surface area contributed by atoms with E-state index in [1.165, 1.54) is 0 Å². The van der Waals surface area contributed by atoms with Gasteiger partial charge in [-0.1, -0.05) is 20.8 Å². The molecule has 1 rings (SSSR count). The summed E-state index contributed by atoms with van der Waals surface area (Å²) in [6.07, 6.45) is 0. The fourth-order valence-corrected chi connectivity index (χ4v) is 1.66. The zero-order valence-corrected chi connectivity index (χ0v) is 9.89. The molecule has 1 aliphatic heterocycles. The van der Waals surface area contributed by atoms with Crippen LogP contribution in [0.5, 0.6) is 0 Å². The summed E-state index contributed by atoms with van der Waals surface area (Å²) >= 11 is 0. The molecule has 0 bridgehead atoms. The van der Waals surface area contributed by atoms with Crippen molar-refractivity contribution in [2.75, 3.05) is 19.7 Å². The lowest BCUT2D eigenvalue weighted by molar-refractivity contribution is -0.153. The molecule has 1 aliphatic rings. The van der Waals surface area contributed by atoms with Crippen LogP contribution in [0.4, 0.5) is 0 Å². The van der Waals surface area contributed by atoms with E-state index in [-0.39, 0.29) is 16.9 Å². The number of hydrogen-bond acceptors (Lipinski definition) is 2. The van der Waals surface area contributed by atoms with Crippen LogP contribution in [0.1, 0.15) is 34.6 Å². The molecule has 0 aromatic carbocycles.